The molecule has 0 spiro atoms. The zero-order chi connectivity index (χ0) is 28.5. The molecule has 9 nitrogen and oxygen atoms in total. The van der Waals surface area contributed by atoms with E-state index in [2.05, 4.69) is 9.88 Å². The first-order valence-electron chi connectivity index (χ1n) is 13.2. The summed E-state index contributed by atoms with van der Waals surface area (Å²) in [6.07, 6.45) is 4.38. The Labute approximate surface area is 234 Å². The molecule has 4 aromatic rings. The molecule has 0 N–H and O–H groups in total. The number of hydrogen-bond donors (Lipinski definition) is 0. The van der Waals surface area contributed by atoms with Crippen molar-refractivity contribution in [2.24, 2.45) is 7.05 Å². The summed E-state index contributed by atoms with van der Waals surface area (Å²) in [6.45, 7) is 3.30. The minimum absolute atomic E-state index is 0.0362. The third-order valence-corrected chi connectivity index (χ3v) is 6.88. The van der Waals surface area contributed by atoms with Crippen molar-refractivity contribution in [2.45, 2.75) is 13.0 Å². The number of fused-ring (bicyclic) bond motifs is 1. The molecular formula is C31H36N4O5. The molecule has 2 aromatic carbocycles. The molecule has 9 heteroatoms. The van der Waals surface area contributed by atoms with E-state index in [1.165, 1.54) is 0 Å². The SMILES string of the molecule is COc1ccc(C(=O)N(C)CCN(CCCOc2ccc3c(ccc(=O)n3C)c2)Cc2ccncc2)c(OC)c1. The van der Waals surface area contributed by atoms with Gasteiger partial charge in [-0.05, 0) is 60.5 Å². The number of carbonyl (C=O) groups is 1. The molecule has 1 amide bonds. The first-order chi connectivity index (χ1) is 19.4. The van der Waals surface area contributed by atoms with E-state index in [1.54, 1.807) is 74.4 Å². The van der Waals surface area contributed by atoms with Gasteiger partial charge in [-0.1, -0.05) is 0 Å². The molecule has 0 fully saturated rings. The molecular weight excluding hydrogens is 508 g/mol. The fourth-order valence-corrected chi connectivity index (χ4v) is 4.52. The fraction of sp³-hybridized carbons (Fsp3) is 0.323. The second-order valence-electron chi connectivity index (χ2n) is 9.58. The fourth-order valence-electron chi connectivity index (χ4n) is 4.52. The van der Waals surface area contributed by atoms with E-state index in [0.717, 1.165) is 41.7 Å². The Hall–Kier alpha value is -4.37. The van der Waals surface area contributed by atoms with Crippen molar-refractivity contribution in [2.75, 3.05) is 47.5 Å². The molecule has 0 aliphatic carbocycles. The van der Waals surface area contributed by atoms with Crippen LogP contribution in [0.2, 0.25) is 0 Å². The van der Waals surface area contributed by atoms with Crippen molar-refractivity contribution in [1.82, 2.24) is 19.4 Å². The van der Waals surface area contributed by atoms with Crippen LogP contribution in [0.4, 0.5) is 0 Å². The Morgan fingerprint density at radius 2 is 1.68 bits per heavy atom. The highest BCUT2D eigenvalue weighted by Crippen LogP contribution is 2.25. The van der Waals surface area contributed by atoms with E-state index in [-0.39, 0.29) is 11.5 Å². The number of amides is 1. The summed E-state index contributed by atoms with van der Waals surface area (Å²) in [7, 11) is 6.69. The smallest absolute Gasteiger partial charge is 0.257 e. The zero-order valence-corrected chi connectivity index (χ0v) is 23.5. The number of aromatic nitrogens is 2. The van der Waals surface area contributed by atoms with Gasteiger partial charge in [0.1, 0.15) is 17.2 Å². The Morgan fingerprint density at radius 1 is 0.900 bits per heavy atom. The quantitative estimate of drug-likeness (QED) is 0.235. The van der Waals surface area contributed by atoms with Crippen molar-refractivity contribution in [3.63, 3.8) is 0 Å². The van der Waals surface area contributed by atoms with Gasteiger partial charge in [-0.2, -0.15) is 0 Å². The third kappa shape index (κ3) is 7.18. The van der Waals surface area contributed by atoms with Crippen LogP contribution >= 0.6 is 0 Å². The average molecular weight is 545 g/mol. The third-order valence-electron chi connectivity index (χ3n) is 6.88. The second-order valence-corrected chi connectivity index (χ2v) is 9.58. The lowest BCUT2D eigenvalue weighted by molar-refractivity contribution is 0.0771. The van der Waals surface area contributed by atoms with E-state index in [9.17, 15) is 9.59 Å². The summed E-state index contributed by atoms with van der Waals surface area (Å²) >= 11 is 0. The zero-order valence-electron chi connectivity index (χ0n) is 23.5. The lowest BCUT2D eigenvalue weighted by atomic mass is 10.1. The van der Waals surface area contributed by atoms with E-state index in [1.807, 2.05) is 36.4 Å². The Bertz CT molecular complexity index is 1490. The number of benzene rings is 2. The van der Waals surface area contributed by atoms with Crippen LogP contribution in [-0.2, 0) is 13.6 Å². The summed E-state index contributed by atoms with van der Waals surface area (Å²) in [5.41, 5.74) is 2.48. The van der Waals surface area contributed by atoms with Crippen LogP contribution in [0.3, 0.4) is 0 Å². The number of carbonyl (C=O) groups excluding carboxylic acids is 1. The molecule has 0 unspecified atom stereocenters. The highest BCUT2D eigenvalue weighted by molar-refractivity contribution is 5.97. The van der Waals surface area contributed by atoms with Crippen LogP contribution in [-0.4, -0.2) is 72.8 Å². The maximum atomic E-state index is 13.2. The van der Waals surface area contributed by atoms with Crippen molar-refractivity contribution in [1.29, 1.82) is 0 Å². The molecule has 0 saturated carbocycles. The highest BCUT2D eigenvalue weighted by Gasteiger charge is 2.18. The first kappa shape index (κ1) is 28.6. The normalized spacial score (nSPS) is 11.0. The molecule has 0 radical (unpaired) electrons. The van der Waals surface area contributed by atoms with E-state index in [4.69, 9.17) is 14.2 Å². The second kappa shape index (κ2) is 13.6. The summed E-state index contributed by atoms with van der Waals surface area (Å²) in [4.78, 5) is 33.2. The largest absolute Gasteiger partial charge is 0.497 e. The van der Waals surface area contributed by atoms with Crippen LogP contribution in [0.25, 0.3) is 10.9 Å². The van der Waals surface area contributed by atoms with E-state index < -0.39 is 0 Å². The molecule has 0 aliphatic rings. The molecule has 2 aromatic heterocycles. The van der Waals surface area contributed by atoms with Crippen LogP contribution in [0.5, 0.6) is 17.2 Å². The Kier molecular flexibility index (Phi) is 9.75. The molecule has 40 heavy (non-hydrogen) atoms. The van der Waals surface area contributed by atoms with E-state index in [0.29, 0.717) is 36.8 Å². The number of hydrogen-bond acceptors (Lipinski definition) is 7. The van der Waals surface area contributed by atoms with Gasteiger partial charge in [0.25, 0.3) is 11.5 Å². The van der Waals surface area contributed by atoms with Gasteiger partial charge in [-0.25, -0.2) is 0 Å². The first-order valence-corrected chi connectivity index (χ1v) is 13.2. The Morgan fingerprint density at radius 3 is 2.42 bits per heavy atom. The van der Waals surface area contributed by atoms with Crippen molar-refractivity contribution in [3.05, 3.63) is 94.5 Å². The van der Waals surface area contributed by atoms with Gasteiger partial charge in [0.2, 0.25) is 0 Å². The lowest BCUT2D eigenvalue weighted by Gasteiger charge is -2.26. The van der Waals surface area contributed by atoms with Crippen LogP contribution in [0, 0.1) is 0 Å². The van der Waals surface area contributed by atoms with Gasteiger partial charge in [0.15, 0.2) is 0 Å². The van der Waals surface area contributed by atoms with Gasteiger partial charge in [-0.15, -0.1) is 0 Å². The number of nitrogens with zero attached hydrogens (tertiary/aromatic N) is 4. The molecule has 2 heterocycles. The standard InChI is InChI=1S/C31H36N4O5/c1-33(31(37)27-9-7-25(38-3)21-29(27)39-4)17-18-35(22-23-12-14-32-15-13-23)16-5-19-40-26-8-10-28-24(20-26)6-11-30(36)34(28)2/h6-15,20-21H,5,16-19,22H2,1-4H3. The summed E-state index contributed by atoms with van der Waals surface area (Å²) in [6, 6.07) is 18.4. The minimum Gasteiger partial charge on any atom is -0.497 e. The van der Waals surface area contributed by atoms with Gasteiger partial charge in [-0.3, -0.25) is 19.5 Å². The van der Waals surface area contributed by atoms with Crippen molar-refractivity contribution in [3.8, 4) is 17.2 Å². The highest BCUT2D eigenvalue weighted by atomic mass is 16.5. The Balaban J connectivity index is 1.35. The molecule has 0 atom stereocenters. The number of ether oxygens (including phenoxy) is 3. The number of rotatable bonds is 13. The monoisotopic (exact) mass is 544 g/mol. The topological polar surface area (TPSA) is 86.1 Å². The van der Waals surface area contributed by atoms with Gasteiger partial charge < -0.3 is 23.7 Å². The predicted molar refractivity (Wildman–Crippen MR) is 155 cm³/mol. The van der Waals surface area contributed by atoms with Crippen LogP contribution < -0.4 is 19.8 Å². The summed E-state index contributed by atoms with van der Waals surface area (Å²) in [5, 5.41) is 0.958. The number of likely N-dealkylation sites (N-methyl/N-ethyl adjacent to an activating group) is 1. The maximum Gasteiger partial charge on any atom is 0.257 e. The lowest BCUT2D eigenvalue weighted by Crippen LogP contribution is -2.37. The molecule has 210 valence electrons. The summed E-state index contributed by atoms with van der Waals surface area (Å²) in [5.74, 6) is 1.78. The van der Waals surface area contributed by atoms with Crippen LogP contribution in [0.1, 0.15) is 22.3 Å². The van der Waals surface area contributed by atoms with Crippen molar-refractivity contribution >= 4 is 16.8 Å². The molecule has 0 bridgehead atoms. The van der Waals surface area contributed by atoms with E-state index >= 15 is 0 Å². The summed E-state index contributed by atoms with van der Waals surface area (Å²) < 4.78 is 18.3. The van der Waals surface area contributed by atoms with Gasteiger partial charge in [0, 0.05) is 70.2 Å². The number of methoxy groups -OCH3 is 2. The minimum atomic E-state index is -0.111. The number of pyridine rings is 2. The number of aryl methyl sites for hydroxylation is 1. The predicted octanol–water partition coefficient (Wildman–Crippen LogP) is 3.99. The molecule has 0 saturated heterocycles. The van der Waals surface area contributed by atoms with Gasteiger partial charge >= 0.3 is 0 Å². The molecule has 4 rings (SSSR count). The van der Waals surface area contributed by atoms with Crippen LogP contribution in [0.15, 0.2) is 77.9 Å². The van der Waals surface area contributed by atoms with Crippen molar-refractivity contribution < 1.29 is 19.0 Å². The average Bonchev–Trinajstić information content (AvgIpc) is 2.99. The molecule has 0 aliphatic heterocycles. The maximum absolute atomic E-state index is 13.2. The van der Waals surface area contributed by atoms with Gasteiger partial charge in [0.05, 0.1) is 31.9 Å².